The molecule has 4 nitrogen and oxygen atoms in total. The molecule has 0 fully saturated rings. The van der Waals surface area contributed by atoms with Crippen LogP contribution in [0.3, 0.4) is 0 Å². The molecule has 0 aliphatic carbocycles. The summed E-state index contributed by atoms with van der Waals surface area (Å²) >= 11 is 0. The Bertz CT molecular complexity index is 399. The van der Waals surface area contributed by atoms with E-state index >= 15 is 0 Å². The Morgan fingerprint density at radius 2 is 1.71 bits per heavy atom. The Balaban J connectivity index is 0.00000169. The van der Waals surface area contributed by atoms with Crippen LogP contribution < -0.4 is 0 Å². The van der Waals surface area contributed by atoms with Crippen molar-refractivity contribution in [3.63, 3.8) is 0 Å². The second-order valence-electron chi connectivity index (χ2n) is 2.44. The van der Waals surface area contributed by atoms with Crippen LogP contribution in [-0.2, 0) is 14.3 Å². The Labute approximate surface area is 125 Å². The van der Waals surface area contributed by atoms with E-state index in [2.05, 4.69) is 4.18 Å². The average molecular weight is 240 g/mol. The van der Waals surface area contributed by atoms with Crippen LogP contribution in [0.5, 0.6) is 0 Å². The van der Waals surface area contributed by atoms with Gasteiger partial charge >= 0.3 is 67.5 Å². The second-order valence-corrected chi connectivity index (χ2v) is 4.02. The molecule has 6 heteroatoms. The van der Waals surface area contributed by atoms with E-state index in [0.717, 1.165) is 6.26 Å². The van der Waals surface area contributed by atoms with Crippen LogP contribution in [0.15, 0.2) is 30.3 Å². The summed E-state index contributed by atoms with van der Waals surface area (Å²) in [4.78, 5) is 11.1. The molecule has 0 saturated carbocycles. The molecule has 1 aromatic rings. The monoisotopic (exact) mass is 240 g/mol. The zero-order valence-corrected chi connectivity index (χ0v) is 7.74. The molecule has 0 amide bonds. The van der Waals surface area contributed by atoms with Crippen molar-refractivity contribution in [2.24, 2.45) is 0 Å². The number of hydrogen-bond acceptors (Lipinski definition) is 4. The predicted molar refractivity (Wildman–Crippen MR) is 53.9 cm³/mol. The van der Waals surface area contributed by atoms with E-state index in [4.69, 9.17) is 0 Å². The summed E-state index contributed by atoms with van der Waals surface area (Å²) in [7, 11) is -3.72. The van der Waals surface area contributed by atoms with Crippen molar-refractivity contribution in [1.29, 1.82) is 0 Å². The van der Waals surface area contributed by atoms with Crippen LogP contribution in [0, 0.1) is 0 Å². The maximum absolute atomic E-state index is 11.1. The fourth-order valence-corrected chi connectivity index (χ4v) is 1.13. The third-order valence-electron chi connectivity index (χ3n) is 1.24. The Morgan fingerprint density at radius 3 is 2.14 bits per heavy atom. The second kappa shape index (κ2) is 5.99. The van der Waals surface area contributed by atoms with Gasteiger partial charge in [0.2, 0.25) is 0 Å². The molecule has 0 unspecified atom stereocenters. The van der Waals surface area contributed by atoms with Crippen LogP contribution >= 0.6 is 0 Å². The summed E-state index contributed by atoms with van der Waals surface area (Å²) in [5.74, 6) is -0.858. The summed E-state index contributed by atoms with van der Waals surface area (Å²) in [6, 6.07) is 7.93. The van der Waals surface area contributed by atoms with Gasteiger partial charge in [0, 0.05) is 0 Å². The molecule has 1 rings (SSSR count). The summed E-state index contributed by atoms with van der Waals surface area (Å²) in [5, 5.41) is 0. The van der Waals surface area contributed by atoms with Gasteiger partial charge in [0.25, 0.3) is 0 Å². The Kier molecular flexibility index (Phi) is 6.11. The van der Waals surface area contributed by atoms with E-state index < -0.39 is 16.1 Å². The first-order valence-corrected chi connectivity index (χ1v) is 5.29. The van der Waals surface area contributed by atoms with Gasteiger partial charge in [0.1, 0.15) is 0 Å². The number of benzene rings is 1. The Hall–Kier alpha value is 0.276. The van der Waals surface area contributed by atoms with E-state index in [1.165, 1.54) is 12.1 Å². The van der Waals surface area contributed by atoms with Crippen LogP contribution in [0.4, 0.5) is 0 Å². The first kappa shape index (κ1) is 14.3. The molecule has 72 valence electrons. The van der Waals surface area contributed by atoms with E-state index in [0.29, 0.717) is 0 Å². The van der Waals surface area contributed by atoms with Crippen molar-refractivity contribution in [2.75, 3.05) is 6.26 Å². The van der Waals surface area contributed by atoms with E-state index in [1.54, 1.807) is 18.2 Å². The molecule has 14 heavy (non-hydrogen) atoms. The van der Waals surface area contributed by atoms with Gasteiger partial charge in [-0.1, -0.05) is 18.2 Å². The first-order chi connectivity index (χ1) is 5.99. The average Bonchev–Trinajstić information content (AvgIpc) is 2.03. The summed E-state index contributed by atoms with van der Waals surface area (Å²) in [5.41, 5.74) is 0.216. The summed E-state index contributed by atoms with van der Waals surface area (Å²) < 4.78 is 25.3. The van der Waals surface area contributed by atoms with Gasteiger partial charge in [-0.3, -0.25) is 0 Å². The van der Waals surface area contributed by atoms with Crippen molar-refractivity contribution in [1.82, 2.24) is 0 Å². The fourth-order valence-electron chi connectivity index (χ4n) is 0.760. The standard InChI is InChI=1S/C8H8O4S.K.H/c1-13(10,11)12-8(9)7-5-3-2-4-6-7;;/h2-6H,1H3;;. The quantitative estimate of drug-likeness (QED) is 0.545. The van der Waals surface area contributed by atoms with E-state index in [-0.39, 0.29) is 56.9 Å². The van der Waals surface area contributed by atoms with Crippen molar-refractivity contribution >= 4 is 67.5 Å². The molecule has 0 atom stereocenters. The topological polar surface area (TPSA) is 60.4 Å². The van der Waals surface area contributed by atoms with Gasteiger partial charge in [-0.25, -0.2) is 4.79 Å². The third kappa shape index (κ3) is 5.23. The SMILES string of the molecule is CS(=O)(=O)OC(=O)c1ccccc1.[KH]. The van der Waals surface area contributed by atoms with Gasteiger partial charge in [-0.2, -0.15) is 8.42 Å². The Morgan fingerprint density at radius 1 is 1.21 bits per heavy atom. The summed E-state index contributed by atoms with van der Waals surface area (Å²) in [6.45, 7) is 0. The summed E-state index contributed by atoms with van der Waals surface area (Å²) in [6.07, 6.45) is 0.827. The zero-order valence-electron chi connectivity index (χ0n) is 6.93. The molecule has 0 N–H and O–H groups in total. The van der Waals surface area contributed by atoms with Gasteiger partial charge in [0.15, 0.2) is 0 Å². The number of hydrogen-bond donors (Lipinski definition) is 0. The van der Waals surface area contributed by atoms with Gasteiger partial charge in [-0.05, 0) is 12.1 Å². The van der Waals surface area contributed by atoms with Crippen LogP contribution in [0.2, 0.25) is 0 Å². The molecule has 0 aliphatic heterocycles. The van der Waals surface area contributed by atoms with Crippen LogP contribution in [0.25, 0.3) is 0 Å². The van der Waals surface area contributed by atoms with Crippen molar-refractivity contribution in [3.05, 3.63) is 35.9 Å². The van der Waals surface area contributed by atoms with Gasteiger partial charge in [-0.15, -0.1) is 0 Å². The normalized spacial score (nSPS) is 10.1. The van der Waals surface area contributed by atoms with Crippen molar-refractivity contribution < 1.29 is 17.4 Å². The predicted octanol–water partition coefficient (Wildman–Crippen LogP) is 0.155. The molecule has 1 aromatic carbocycles. The molecular weight excluding hydrogens is 231 g/mol. The van der Waals surface area contributed by atoms with Gasteiger partial charge < -0.3 is 4.18 Å². The zero-order chi connectivity index (χ0) is 9.90. The fraction of sp³-hybridized carbons (Fsp3) is 0.125. The molecular formula is C8H9KO4S. The van der Waals surface area contributed by atoms with Gasteiger partial charge in [0.05, 0.1) is 11.8 Å². The third-order valence-corrected chi connectivity index (χ3v) is 1.69. The minimum atomic E-state index is -3.72. The molecule has 0 saturated heterocycles. The van der Waals surface area contributed by atoms with Crippen molar-refractivity contribution in [2.45, 2.75) is 0 Å². The van der Waals surface area contributed by atoms with Crippen LogP contribution in [-0.4, -0.2) is 72.0 Å². The minimum absolute atomic E-state index is 0. The van der Waals surface area contributed by atoms with E-state index in [9.17, 15) is 13.2 Å². The van der Waals surface area contributed by atoms with Crippen LogP contribution in [0.1, 0.15) is 10.4 Å². The van der Waals surface area contributed by atoms with Crippen molar-refractivity contribution in [3.8, 4) is 0 Å². The molecule has 0 radical (unpaired) electrons. The molecule has 0 heterocycles. The first-order valence-electron chi connectivity index (χ1n) is 3.48. The molecule has 0 aromatic heterocycles. The maximum atomic E-state index is 11.1. The number of carbonyl (C=O) groups is 1. The molecule has 0 bridgehead atoms. The number of rotatable bonds is 2. The molecule has 0 aliphatic rings. The van der Waals surface area contributed by atoms with E-state index in [1.807, 2.05) is 0 Å². The number of carbonyl (C=O) groups excluding carboxylic acids is 1. The molecule has 0 spiro atoms.